The molecule has 1 saturated heterocycles. The molecule has 2 aliphatic heterocycles. The van der Waals surface area contributed by atoms with Gasteiger partial charge in [-0.3, -0.25) is 33.8 Å². The van der Waals surface area contributed by atoms with Crippen LogP contribution >= 0.6 is 0 Å². The molecule has 334 valence electrons. The van der Waals surface area contributed by atoms with Crippen molar-refractivity contribution < 1.29 is 86.1 Å². The molecule has 0 unspecified atom stereocenters. The second-order valence-electron chi connectivity index (χ2n) is 16.5. The van der Waals surface area contributed by atoms with Crippen LogP contribution in [-0.4, -0.2) is 124 Å². The van der Waals surface area contributed by atoms with Crippen LogP contribution in [0.3, 0.4) is 0 Å². The number of carbonyl (C=O) groups excluding carboxylic acids is 8. The highest BCUT2D eigenvalue weighted by Crippen LogP contribution is 2.70. The van der Waals surface area contributed by atoms with E-state index in [1.807, 2.05) is 0 Å². The molecule has 1 N–H and O–H groups in total. The monoisotopic (exact) mass is 867 g/mol. The van der Waals surface area contributed by atoms with Gasteiger partial charge in [-0.05, 0) is 38.1 Å². The van der Waals surface area contributed by atoms with E-state index in [9.17, 15) is 43.5 Å². The zero-order chi connectivity index (χ0) is 45.7. The third-order valence-electron chi connectivity index (χ3n) is 12.4. The molecule has 19 nitrogen and oxygen atoms in total. The van der Waals surface area contributed by atoms with Crippen molar-refractivity contribution >= 4 is 47.8 Å². The number of carbonyl (C=O) groups is 8. The molecule has 62 heavy (non-hydrogen) atoms. The van der Waals surface area contributed by atoms with Gasteiger partial charge in [0, 0.05) is 46.7 Å². The van der Waals surface area contributed by atoms with Crippen molar-refractivity contribution in [2.24, 2.45) is 17.3 Å². The second kappa shape index (κ2) is 16.7. The first kappa shape index (κ1) is 45.6. The number of hydrogen-bond donors (Lipinski definition) is 1. The van der Waals surface area contributed by atoms with Gasteiger partial charge in [-0.2, -0.15) is 0 Å². The Morgan fingerprint density at radius 3 is 1.87 bits per heavy atom. The lowest BCUT2D eigenvalue weighted by Crippen LogP contribution is -2.89. The summed E-state index contributed by atoms with van der Waals surface area (Å²) in [7, 11) is 0. The van der Waals surface area contributed by atoms with E-state index in [0.29, 0.717) is 0 Å². The highest BCUT2D eigenvalue weighted by atomic mass is 16.7. The van der Waals surface area contributed by atoms with Gasteiger partial charge in [0.25, 0.3) is 0 Å². The zero-order valence-electron chi connectivity index (χ0n) is 35.6. The Morgan fingerprint density at radius 2 is 1.29 bits per heavy atom. The predicted molar refractivity (Wildman–Crippen MR) is 205 cm³/mol. The van der Waals surface area contributed by atoms with Gasteiger partial charge in [-0.1, -0.05) is 32.0 Å². The van der Waals surface area contributed by atoms with Gasteiger partial charge >= 0.3 is 47.8 Å². The van der Waals surface area contributed by atoms with Crippen molar-refractivity contribution in [1.82, 2.24) is 4.98 Å². The Kier molecular flexibility index (Phi) is 12.3. The van der Waals surface area contributed by atoms with E-state index in [1.165, 1.54) is 56.4 Å². The van der Waals surface area contributed by atoms with Crippen LogP contribution in [0.15, 0.2) is 48.7 Å². The van der Waals surface area contributed by atoms with E-state index >= 15 is 0 Å². The summed E-state index contributed by atoms with van der Waals surface area (Å²) in [6.45, 7) is 8.62. The van der Waals surface area contributed by atoms with Crippen molar-refractivity contribution in [2.45, 2.75) is 122 Å². The molecule has 19 heteroatoms. The summed E-state index contributed by atoms with van der Waals surface area (Å²) >= 11 is 0. The number of rotatable bonds is 8. The smallest absolute Gasteiger partial charge is 0.340 e. The summed E-state index contributed by atoms with van der Waals surface area (Å²) in [6.07, 6.45) is -10.8. The van der Waals surface area contributed by atoms with Crippen LogP contribution in [0.25, 0.3) is 0 Å². The van der Waals surface area contributed by atoms with Gasteiger partial charge in [-0.15, -0.1) is 0 Å². The number of ether oxygens (including phenoxy) is 9. The molecule has 6 rings (SSSR count). The zero-order valence-corrected chi connectivity index (χ0v) is 35.6. The Hall–Kier alpha value is -5.95. The number of aromatic nitrogens is 1. The largest absolute Gasteiger partial charge is 0.461 e. The SMILES string of the molecule is CC(=O)O[C@@H]1[C@@H]2[C@@H](OC(C)=O)[C@@]34O[C@@]2(C)COC(=O)c2cccnc2[C@H](C)[C@H](C)C(=O)O[C@@H]([C@H](OC(C)=O)[C@H](OC(C)=O)[C@@]3(COC(=O)c2ccccc2)[C@@H]1OC(C)=O)[C@]4(C)O. The minimum Gasteiger partial charge on any atom is -0.461 e. The normalized spacial score (nSPS) is 36.0. The van der Waals surface area contributed by atoms with Crippen LogP contribution in [0.5, 0.6) is 0 Å². The molecule has 3 fully saturated rings. The first-order valence-electron chi connectivity index (χ1n) is 19.9. The lowest BCUT2D eigenvalue weighted by molar-refractivity contribution is -0.386. The minimum atomic E-state index is -2.86. The number of esters is 8. The van der Waals surface area contributed by atoms with Gasteiger partial charge in [0.05, 0.1) is 28.7 Å². The summed E-state index contributed by atoms with van der Waals surface area (Å²) in [5, 5.41) is 13.6. The van der Waals surface area contributed by atoms with Crippen molar-refractivity contribution in [3.63, 3.8) is 0 Å². The average Bonchev–Trinajstić information content (AvgIpc) is 3.42. The first-order valence-corrected chi connectivity index (χ1v) is 19.9. The summed E-state index contributed by atoms with van der Waals surface area (Å²) in [4.78, 5) is 114. The highest BCUT2D eigenvalue weighted by molar-refractivity contribution is 5.91. The quantitative estimate of drug-likeness (QED) is 0.295. The molecular weight excluding hydrogens is 818 g/mol. The van der Waals surface area contributed by atoms with Gasteiger partial charge in [0.15, 0.2) is 30.0 Å². The Morgan fingerprint density at radius 1 is 0.742 bits per heavy atom. The fourth-order valence-electron chi connectivity index (χ4n) is 9.87. The molecule has 4 bridgehead atoms. The maximum Gasteiger partial charge on any atom is 0.340 e. The predicted octanol–water partition coefficient (Wildman–Crippen LogP) is 2.33. The molecule has 4 aliphatic rings. The number of fused-ring (bicyclic) bond motifs is 5. The molecule has 2 saturated carbocycles. The molecule has 3 heterocycles. The van der Waals surface area contributed by atoms with E-state index in [1.54, 1.807) is 13.0 Å². The molecule has 0 amide bonds. The van der Waals surface area contributed by atoms with Crippen molar-refractivity contribution in [3.05, 3.63) is 65.5 Å². The Bertz CT molecular complexity index is 2160. The molecule has 2 aliphatic carbocycles. The van der Waals surface area contributed by atoms with Gasteiger partial charge in [-0.25, -0.2) is 9.59 Å². The van der Waals surface area contributed by atoms with Gasteiger partial charge < -0.3 is 47.7 Å². The average molecular weight is 868 g/mol. The molecular formula is C43H49NO18. The van der Waals surface area contributed by atoms with E-state index in [2.05, 4.69) is 4.98 Å². The van der Waals surface area contributed by atoms with E-state index in [-0.39, 0.29) is 16.8 Å². The first-order chi connectivity index (χ1) is 29.0. The number of benzene rings is 1. The molecule has 2 aromatic rings. The summed E-state index contributed by atoms with van der Waals surface area (Å²) < 4.78 is 55.4. The van der Waals surface area contributed by atoms with E-state index in [4.69, 9.17) is 42.6 Å². The summed E-state index contributed by atoms with van der Waals surface area (Å²) in [6, 6.07) is 10.4. The summed E-state index contributed by atoms with van der Waals surface area (Å²) in [5.74, 6) is -11.8. The van der Waals surface area contributed by atoms with Crippen LogP contribution in [0.2, 0.25) is 0 Å². The van der Waals surface area contributed by atoms with Crippen LogP contribution in [-0.2, 0) is 71.4 Å². The van der Waals surface area contributed by atoms with Crippen LogP contribution in [0.1, 0.15) is 94.6 Å². The van der Waals surface area contributed by atoms with Gasteiger partial charge in [0.1, 0.15) is 42.0 Å². The highest BCUT2D eigenvalue weighted by Gasteiger charge is 2.92. The van der Waals surface area contributed by atoms with Crippen LogP contribution in [0.4, 0.5) is 0 Å². The standard InChI is InChI=1S/C43H49NO18/c1-20-21(2)37(50)61-34-32(57-23(4)46)36(60-26(7)49)42(19-55-38(51)27-14-11-10-12-15-27)35(59-25(6)48)31(56-22(3)45)29-33(58-24(5)47)43(42,41(34,9)53)62-40(29,8)18-54-39(52)28-16-13-17-44-30(20)28/h10-17,20-21,29,31-36,53H,18-19H2,1-9H3/t20-,21+,29-,31-,32+,33-,34+,35-,36+,40+,41+,42-,43+/m1/s1. The van der Waals surface area contributed by atoms with Crippen molar-refractivity contribution in [3.8, 4) is 0 Å². The van der Waals surface area contributed by atoms with E-state index < -0.39 is 138 Å². The van der Waals surface area contributed by atoms with Gasteiger partial charge in [0.2, 0.25) is 0 Å². The van der Waals surface area contributed by atoms with Crippen LogP contribution < -0.4 is 0 Å². The lowest BCUT2D eigenvalue weighted by atomic mass is 9.45. The number of cyclic esters (lactones) is 1. The maximum absolute atomic E-state index is 14.5. The molecule has 1 spiro atoms. The number of pyridine rings is 1. The van der Waals surface area contributed by atoms with Crippen LogP contribution in [0, 0.1) is 17.3 Å². The topological polar surface area (TPSA) is 253 Å². The fourth-order valence-corrected chi connectivity index (χ4v) is 9.87. The minimum absolute atomic E-state index is 0.00452. The Labute approximate surface area is 355 Å². The number of nitrogens with zero attached hydrogens (tertiary/aromatic N) is 1. The molecule has 1 aromatic heterocycles. The third kappa shape index (κ3) is 7.43. The number of hydrogen-bond acceptors (Lipinski definition) is 19. The Balaban J connectivity index is 1.79. The molecule has 13 atom stereocenters. The summed E-state index contributed by atoms with van der Waals surface area (Å²) in [5.41, 5.74) is -10.3. The van der Waals surface area contributed by atoms with E-state index in [0.717, 1.165) is 41.5 Å². The maximum atomic E-state index is 14.5. The second-order valence-corrected chi connectivity index (χ2v) is 16.5. The molecule has 1 aromatic carbocycles. The third-order valence-corrected chi connectivity index (χ3v) is 12.4. The molecule has 0 radical (unpaired) electrons. The van der Waals surface area contributed by atoms with Crippen molar-refractivity contribution in [1.29, 1.82) is 0 Å². The number of aliphatic hydroxyl groups is 1. The van der Waals surface area contributed by atoms with Crippen molar-refractivity contribution in [2.75, 3.05) is 13.2 Å². The fraction of sp³-hybridized carbons (Fsp3) is 0.558. The lowest BCUT2D eigenvalue weighted by Gasteiger charge is -2.67.